The number of nitrogens with zero attached hydrogens (tertiary/aromatic N) is 1. The Morgan fingerprint density at radius 3 is 2.73 bits per heavy atom. The van der Waals surface area contributed by atoms with Gasteiger partial charge < -0.3 is 15.4 Å². The van der Waals surface area contributed by atoms with Crippen molar-refractivity contribution in [1.82, 2.24) is 4.57 Å². The van der Waals surface area contributed by atoms with Crippen molar-refractivity contribution in [1.29, 1.82) is 0 Å². The van der Waals surface area contributed by atoms with Gasteiger partial charge in [0, 0.05) is 36.3 Å². The van der Waals surface area contributed by atoms with Crippen LogP contribution in [-0.2, 0) is 12.6 Å². The van der Waals surface area contributed by atoms with Crippen molar-refractivity contribution in [2.24, 2.45) is 12.8 Å². The molecule has 0 spiro atoms. The third-order valence-corrected chi connectivity index (χ3v) is 2.87. The van der Waals surface area contributed by atoms with E-state index in [1.165, 1.54) is 0 Å². The van der Waals surface area contributed by atoms with Crippen molar-refractivity contribution in [2.45, 2.75) is 12.5 Å². The molecule has 0 amide bonds. The maximum absolute atomic E-state index is 10.2. The number of rotatable bonds is 2. The SMILES string of the molecule is Cn1cc(C(C)(O)CN)c2ccccc21. The van der Waals surface area contributed by atoms with E-state index in [-0.39, 0.29) is 6.54 Å². The molecule has 15 heavy (non-hydrogen) atoms. The number of aryl methyl sites for hydroxylation is 1. The minimum Gasteiger partial charge on any atom is -0.384 e. The molecule has 1 aromatic heterocycles. The van der Waals surface area contributed by atoms with E-state index in [0.29, 0.717) is 0 Å². The molecule has 80 valence electrons. The summed E-state index contributed by atoms with van der Waals surface area (Å²) < 4.78 is 2.01. The van der Waals surface area contributed by atoms with E-state index < -0.39 is 5.60 Å². The van der Waals surface area contributed by atoms with Crippen LogP contribution in [0.3, 0.4) is 0 Å². The highest BCUT2D eigenvalue weighted by molar-refractivity contribution is 5.84. The van der Waals surface area contributed by atoms with Crippen LogP contribution < -0.4 is 5.73 Å². The molecule has 3 heteroatoms. The van der Waals surface area contributed by atoms with E-state index in [2.05, 4.69) is 0 Å². The van der Waals surface area contributed by atoms with Crippen LogP contribution in [0.1, 0.15) is 12.5 Å². The van der Waals surface area contributed by atoms with Gasteiger partial charge in [0.2, 0.25) is 0 Å². The molecule has 3 nitrogen and oxygen atoms in total. The summed E-state index contributed by atoms with van der Waals surface area (Å²) in [7, 11) is 1.97. The first-order valence-corrected chi connectivity index (χ1v) is 5.03. The minimum atomic E-state index is -0.957. The van der Waals surface area contributed by atoms with Crippen LogP contribution in [0, 0.1) is 0 Å². The second-order valence-electron chi connectivity index (χ2n) is 4.15. The number of para-hydroxylation sites is 1. The van der Waals surface area contributed by atoms with Crippen LogP contribution >= 0.6 is 0 Å². The number of nitrogens with two attached hydrogens (primary N) is 1. The molecule has 0 saturated carbocycles. The monoisotopic (exact) mass is 204 g/mol. The van der Waals surface area contributed by atoms with Gasteiger partial charge in [-0.05, 0) is 13.0 Å². The van der Waals surface area contributed by atoms with Gasteiger partial charge in [0.15, 0.2) is 0 Å². The molecule has 1 aromatic carbocycles. The van der Waals surface area contributed by atoms with Crippen molar-refractivity contribution in [3.8, 4) is 0 Å². The molecule has 1 unspecified atom stereocenters. The molecule has 3 N–H and O–H groups in total. The Bertz CT molecular complexity index is 485. The van der Waals surface area contributed by atoms with Crippen molar-refractivity contribution in [2.75, 3.05) is 6.54 Å². The molecule has 0 bridgehead atoms. The Balaban J connectivity index is 2.72. The second-order valence-corrected chi connectivity index (χ2v) is 4.15. The lowest BCUT2D eigenvalue weighted by molar-refractivity contribution is 0.0682. The van der Waals surface area contributed by atoms with Gasteiger partial charge in [0.25, 0.3) is 0 Å². The third kappa shape index (κ3) is 1.54. The highest BCUT2D eigenvalue weighted by atomic mass is 16.3. The van der Waals surface area contributed by atoms with Gasteiger partial charge in [-0.3, -0.25) is 0 Å². The number of hydrogen-bond donors (Lipinski definition) is 2. The van der Waals surface area contributed by atoms with Crippen LogP contribution in [-0.4, -0.2) is 16.2 Å². The van der Waals surface area contributed by atoms with Crippen molar-refractivity contribution < 1.29 is 5.11 Å². The number of benzene rings is 1. The van der Waals surface area contributed by atoms with E-state index in [4.69, 9.17) is 5.73 Å². The average molecular weight is 204 g/mol. The third-order valence-electron chi connectivity index (χ3n) is 2.87. The molecular formula is C12H16N2O. The van der Waals surface area contributed by atoms with E-state index >= 15 is 0 Å². The topological polar surface area (TPSA) is 51.2 Å². The number of aromatic nitrogens is 1. The summed E-state index contributed by atoms with van der Waals surface area (Å²) in [6.45, 7) is 1.97. The van der Waals surface area contributed by atoms with Gasteiger partial charge in [-0.25, -0.2) is 0 Å². The Morgan fingerprint density at radius 1 is 1.40 bits per heavy atom. The van der Waals surface area contributed by atoms with Gasteiger partial charge >= 0.3 is 0 Å². The Labute approximate surface area is 89.1 Å². The molecule has 1 atom stereocenters. The molecule has 0 aliphatic carbocycles. The first-order chi connectivity index (χ1) is 7.06. The lowest BCUT2D eigenvalue weighted by Crippen LogP contribution is -2.31. The zero-order valence-corrected chi connectivity index (χ0v) is 9.07. The summed E-state index contributed by atoms with van der Waals surface area (Å²) >= 11 is 0. The van der Waals surface area contributed by atoms with Crippen LogP contribution in [0.15, 0.2) is 30.5 Å². The first kappa shape index (κ1) is 10.2. The average Bonchev–Trinajstić information content (AvgIpc) is 2.58. The van der Waals surface area contributed by atoms with E-state index in [1.807, 2.05) is 42.1 Å². The zero-order valence-electron chi connectivity index (χ0n) is 9.07. The quantitative estimate of drug-likeness (QED) is 0.775. The van der Waals surface area contributed by atoms with Gasteiger partial charge in [0.05, 0.1) is 0 Å². The summed E-state index contributed by atoms with van der Waals surface area (Å²) in [5.41, 5.74) is 6.63. The van der Waals surface area contributed by atoms with E-state index in [1.54, 1.807) is 6.92 Å². The molecule has 2 rings (SSSR count). The molecule has 0 aliphatic rings. The van der Waals surface area contributed by atoms with Crippen LogP contribution in [0.25, 0.3) is 10.9 Å². The molecule has 0 saturated heterocycles. The fourth-order valence-corrected chi connectivity index (χ4v) is 1.88. The van der Waals surface area contributed by atoms with Crippen LogP contribution in [0.5, 0.6) is 0 Å². The van der Waals surface area contributed by atoms with Gasteiger partial charge in [0.1, 0.15) is 5.60 Å². The predicted octanol–water partition coefficient (Wildman–Crippen LogP) is 1.34. The fourth-order valence-electron chi connectivity index (χ4n) is 1.88. The van der Waals surface area contributed by atoms with Crippen molar-refractivity contribution in [3.63, 3.8) is 0 Å². The molecule has 0 aliphatic heterocycles. The van der Waals surface area contributed by atoms with Crippen LogP contribution in [0.2, 0.25) is 0 Å². The van der Waals surface area contributed by atoms with Gasteiger partial charge in [-0.1, -0.05) is 18.2 Å². The molecule has 0 radical (unpaired) electrons. The number of hydrogen-bond acceptors (Lipinski definition) is 2. The Kier molecular flexibility index (Phi) is 2.29. The normalized spacial score (nSPS) is 15.5. The fraction of sp³-hybridized carbons (Fsp3) is 0.333. The lowest BCUT2D eigenvalue weighted by atomic mass is 9.96. The van der Waals surface area contributed by atoms with E-state index in [0.717, 1.165) is 16.5 Å². The molecule has 0 fully saturated rings. The van der Waals surface area contributed by atoms with Gasteiger partial charge in [-0.2, -0.15) is 0 Å². The standard InChI is InChI=1S/C12H16N2O/c1-12(15,8-13)10-7-14(2)11-6-4-3-5-9(10)11/h3-7,15H,8,13H2,1-2H3. The summed E-state index contributed by atoms with van der Waals surface area (Å²) in [6, 6.07) is 8.00. The smallest absolute Gasteiger partial charge is 0.101 e. The largest absolute Gasteiger partial charge is 0.384 e. The van der Waals surface area contributed by atoms with E-state index in [9.17, 15) is 5.11 Å². The highest BCUT2D eigenvalue weighted by Crippen LogP contribution is 2.29. The maximum atomic E-state index is 10.2. The summed E-state index contributed by atoms with van der Waals surface area (Å²) in [4.78, 5) is 0. The summed E-state index contributed by atoms with van der Waals surface area (Å²) in [6.07, 6.45) is 1.94. The molecule has 1 heterocycles. The first-order valence-electron chi connectivity index (χ1n) is 5.03. The minimum absolute atomic E-state index is 0.223. The molecular weight excluding hydrogens is 188 g/mol. The summed E-state index contributed by atoms with van der Waals surface area (Å²) in [5.74, 6) is 0. The predicted molar refractivity (Wildman–Crippen MR) is 61.5 cm³/mol. The Morgan fingerprint density at radius 2 is 2.07 bits per heavy atom. The lowest BCUT2D eigenvalue weighted by Gasteiger charge is -2.20. The van der Waals surface area contributed by atoms with Crippen LogP contribution in [0.4, 0.5) is 0 Å². The van der Waals surface area contributed by atoms with Crippen molar-refractivity contribution in [3.05, 3.63) is 36.0 Å². The molecule has 2 aromatic rings. The summed E-state index contributed by atoms with van der Waals surface area (Å²) in [5, 5.41) is 11.2. The zero-order chi connectivity index (χ0) is 11.1. The Hall–Kier alpha value is -1.32. The maximum Gasteiger partial charge on any atom is 0.101 e. The van der Waals surface area contributed by atoms with Crippen molar-refractivity contribution >= 4 is 10.9 Å². The highest BCUT2D eigenvalue weighted by Gasteiger charge is 2.24. The number of fused-ring (bicyclic) bond motifs is 1. The number of aliphatic hydroxyl groups is 1. The van der Waals surface area contributed by atoms with Gasteiger partial charge in [-0.15, -0.1) is 0 Å². The second kappa shape index (κ2) is 3.36.